The van der Waals surface area contributed by atoms with Crippen LogP contribution in [0.15, 0.2) is 53.4 Å². The third kappa shape index (κ3) is 4.26. The van der Waals surface area contributed by atoms with E-state index in [1.54, 1.807) is 35.2 Å². The van der Waals surface area contributed by atoms with Crippen LogP contribution in [0.25, 0.3) is 0 Å². The van der Waals surface area contributed by atoms with Gasteiger partial charge in [-0.1, -0.05) is 29.8 Å². The third-order valence-electron chi connectivity index (χ3n) is 6.19. The van der Waals surface area contributed by atoms with Crippen LogP contribution in [-0.4, -0.2) is 48.8 Å². The molecule has 0 bridgehead atoms. The van der Waals surface area contributed by atoms with Gasteiger partial charge < -0.3 is 4.90 Å². The molecule has 0 aliphatic carbocycles. The summed E-state index contributed by atoms with van der Waals surface area (Å²) in [5.74, 6) is -0.211. The number of halogens is 3. The standard InChI is InChI=1S/C22H24F3N3O3S/c1-16-5-7-19(8-6-16)32(30,31)27-11-9-21(10-12-27)26-14-20(29)28(21)15-17-3-2-4-18(13-17)22(23,24)25/h2-8,13,26H,9-12,14-15H2,1H3. The van der Waals surface area contributed by atoms with Crippen LogP contribution < -0.4 is 5.32 Å². The highest BCUT2D eigenvalue weighted by Gasteiger charge is 2.48. The molecule has 2 heterocycles. The molecule has 1 N–H and O–H groups in total. The molecule has 172 valence electrons. The molecule has 0 unspecified atom stereocenters. The Morgan fingerprint density at radius 1 is 1.06 bits per heavy atom. The summed E-state index contributed by atoms with van der Waals surface area (Å²) < 4.78 is 66.6. The summed E-state index contributed by atoms with van der Waals surface area (Å²) >= 11 is 0. The zero-order valence-corrected chi connectivity index (χ0v) is 18.3. The summed E-state index contributed by atoms with van der Waals surface area (Å²) in [5, 5.41) is 3.19. The number of alkyl halides is 3. The topological polar surface area (TPSA) is 69.7 Å². The third-order valence-corrected chi connectivity index (χ3v) is 8.10. The molecule has 32 heavy (non-hydrogen) atoms. The Morgan fingerprint density at radius 2 is 1.72 bits per heavy atom. The average Bonchev–Trinajstić information content (AvgIpc) is 3.04. The molecule has 0 radical (unpaired) electrons. The summed E-state index contributed by atoms with van der Waals surface area (Å²) in [5.41, 5.74) is -0.195. The first-order valence-corrected chi connectivity index (χ1v) is 11.7. The molecule has 0 saturated carbocycles. The number of carbonyl (C=O) groups is 1. The molecular weight excluding hydrogens is 443 g/mol. The molecule has 2 fully saturated rings. The van der Waals surface area contributed by atoms with Gasteiger partial charge in [0.05, 0.1) is 22.7 Å². The van der Waals surface area contributed by atoms with E-state index in [2.05, 4.69) is 5.32 Å². The van der Waals surface area contributed by atoms with Gasteiger partial charge in [-0.25, -0.2) is 8.42 Å². The van der Waals surface area contributed by atoms with E-state index in [1.165, 1.54) is 10.4 Å². The van der Waals surface area contributed by atoms with E-state index in [9.17, 15) is 26.4 Å². The zero-order chi connectivity index (χ0) is 23.1. The first-order valence-electron chi connectivity index (χ1n) is 10.3. The van der Waals surface area contributed by atoms with E-state index in [-0.39, 0.29) is 37.0 Å². The molecular formula is C22H24F3N3O3S. The molecule has 4 rings (SSSR count). The Kier molecular flexibility index (Phi) is 5.81. The molecule has 2 aliphatic heterocycles. The lowest BCUT2D eigenvalue weighted by molar-refractivity contribution is -0.137. The van der Waals surface area contributed by atoms with Gasteiger partial charge in [0.1, 0.15) is 0 Å². The molecule has 1 spiro atoms. The average molecular weight is 468 g/mol. The number of amides is 1. The fourth-order valence-electron chi connectivity index (χ4n) is 4.34. The van der Waals surface area contributed by atoms with Crippen LogP contribution in [0.5, 0.6) is 0 Å². The van der Waals surface area contributed by atoms with Crippen LogP contribution >= 0.6 is 0 Å². The van der Waals surface area contributed by atoms with Crippen molar-refractivity contribution >= 4 is 15.9 Å². The van der Waals surface area contributed by atoms with Crippen LogP contribution in [0.4, 0.5) is 13.2 Å². The number of sulfonamides is 1. The van der Waals surface area contributed by atoms with Gasteiger partial charge in [0, 0.05) is 19.6 Å². The fraction of sp³-hybridized carbons (Fsp3) is 0.409. The minimum absolute atomic E-state index is 0.0282. The maximum absolute atomic E-state index is 13.1. The highest BCUT2D eigenvalue weighted by Crippen LogP contribution is 2.35. The SMILES string of the molecule is Cc1ccc(S(=O)(=O)N2CCC3(CC2)NCC(=O)N3Cc2cccc(C(F)(F)F)c2)cc1. The van der Waals surface area contributed by atoms with Crippen molar-refractivity contribution in [2.75, 3.05) is 19.6 Å². The Bertz CT molecular complexity index is 1110. The van der Waals surface area contributed by atoms with Gasteiger partial charge in [-0.2, -0.15) is 17.5 Å². The number of hydrogen-bond acceptors (Lipinski definition) is 4. The number of nitrogens with one attached hydrogen (secondary N) is 1. The molecule has 0 atom stereocenters. The summed E-state index contributed by atoms with van der Waals surface area (Å²) in [7, 11) is -3.66. The van der Waals surface area contributed by atoms with E-state index in [1.807, 2.05) is 6.92 Å². The van der Waals surface area contributed by atoms with E-state index in [0.29, 0.717) is 18.4 Å². The van der Waals surface area contributed by atoms with Gasteiger partial charge in [0.15, 0.2) is 0 Å². The second kappa shape index (κ2) is 8.17. The van der Waals surface area contributed by atoms with E-state index in [4.69, 9.17) is 0 Å². The van der Waals surface area contributed by atoms with Gasteiger partial charge in [-0.3, -0.25) is 10.1 Å². The lowest BCUT2D eigenvalue weighted by Crippen LogP contribution is -2.58. The maximum atomic E-state index is 13.1. The quantitative estimate of drug-likeness (QED) is 0.750. The predicted octanol–water partition coefficient (Wildman–Crippen LogP) is 3.13. The van der Waals surface area contributed by atoms with Crippen molar-refractivity contribution < 1.29 is 26.4 Å². The van der Waals surface area contributed by atoms with Gasteiger partial charge in [0.2, 0.25) is 15.9 Å². The molecule has 2 aromatic carbocycles. The summed E-state index contributed by atoms with van der Waals surface area (Å²) in [6.07, 6.45) is -3.76. The lowest BCUT2D eigenvalue weighted by atomic mass is 9.96. The Morgan fingerprint density at radius 3 is 2.34 bits per heavy atom. The predicted molar refractivity (Wildman–Crippen MR) is 112 cm³/mol. The van der Waals surface area contributed by atoms with Crippen LogP contribution in [0.2, 0.25) is 0 Å². The van der Waals surface area contributed by atoms with Crippen LogP contribution in [0.1, 0.15) is 29.5 Å². The number of nitrogens with zero attached hydrogens (tertiary/aromatic N) is 2. The number of rotatable bonds is 4. The van der Waals surface area contributed by atoms with E-state index >= 15 is 0 Å². The molecule has 1 amide bonds. The number of carbonyl (C=O) groups excluding carboxylic acids is 1. The minimum atomic E-state index is -4.46. The van der Waals surface area contributed by atoms with Gasteiger partial charge in [-0.05, 0) is 49.6 Å². The van der Waals surface area contributed by atoms with Crippen LogP contribution in [-0.2, 0) is 27.5 Å². The smallest absolute Gasteiger partial charge is 0.319 e. The van der Waals surface area contributed by atoms with E-state index in [0.717, 1.165) is 17.7 Å². The highest BCUT2D eigenvalue weighted by atomic mass is 32.2. The van der Waals surface area contributed by atoms with Crippen molar-refractivity contribution in [1.29, 1.82) is 0 Å². The molecule has 2 saturated heterocycles. The molecule has 6 nitrogen and oxygen atoms in total. The molecule has 2 aromatic rings. The fourth-order valence-corrected chi connectivity index (χ4v) is 5.78. The van der Waals surface area contributed by atoms with Gasteiger partial charge in [0.25, 0.3) is 0 Å². The number of benzene rings is 2. The minimum Gasteiger partial charge on any atom is -0.319 e. The molecule has 0 aromatic heterocycles. The maximum Gasteiger partial charge on any atom is 0.416 e. The Balaban J connectivity index is 1.51. The van der Waals surface area contributed by atoms with Crippen LogP contribution in [0, 0.1) is 6.92 Å². The van der Waals surface area contributed by atoms with Crippen LogP contribution in [0.3, 0.4) is 0 Å². The summed E-state index contributed by atoms with van der Waals surface area (Å²) in [6, 6.07) is 11.6. The van der Waals surface area contributed by atoms with Crippen molar-refractivity contribution in [3.05, 3.63) is 65.2 Å². The normalized spacial score (nSPS) is 19.6. The van der Waals surface area contributed by atoms with Gasteiger partial charge >= 0.3 is 6.18 Å². The number of piperidine rings is 1. The number of aryl methyl sites for hydroxylation is 1. The molecule has 2 aliphatic rings. The van der Waals surface area contributed by atoms with Crippen molar-refractivity contribution in [2.45, 2.75) is 43.0 Å². The second-order valence-electron chi connectivity index (χ2n) is 8.28. The van der Waals surface area contributed by atoms with Crippen molar-refractivity contribution in [3.8, 4) is 0 Å². The largest absolute Gasteiger partial charge is 0.416 e. The zero-order valence-electron chi connectivity index (χ0n) is 17.5. The van der Waals surface area contributed by atoms with Crippen molar-refractivity contribution in [3.63, 3.8) is 0 Å². The summed E-state index contributed by atoms with van der Waals surface area (Å²) in [4.78, 5) is 14.3. The number of hydrogen-bond donors (Lipinski definition) is 1. The highest BCUT2D eigenvalue weighted by molar-refractivity contribution is 7.89. The van der Waals surface area contributed by atoms with Crippen molar-refractivity contribution in [1.82, 2.24) is 14.5 Å². The first kappa shape index (κ1) is 22.8. The van der Waals surface area contributed by atoms with E-state index < -0.39 is 27.4 Å². The van der Waals surface area contributed by atoms with Gasteiger partial charge in [-0.15, -0.1) is 0 Å². The summed E-state index contributed by atoms with van der Waals surface area (Å²) in [6.45, 7) is 2.39. The Labute approximate surface area is 185 Å². The second-order valence-corrected chi connectivity index (χ2v) is 10.2. The first-order chi connectivity index (χ1) is 15.0. The Hall–Kier alpha value is -2.43. The monoisotopic (exact) mass is 467 g/mol. The molecule has 10 heteroatoms. The lowest BCUT2D eigenvalue weighted by Gasteiger charge is -2.44. The van der Waals surface area contributed by atoms with Crippen molar-refractivity contribution in [2.24, 2.45) is 0 Å².